The van der Waals surface area contributed by atoms with Crippen molar-refractivity contribution in [3.05, 3.63) is 52.1 Å². The minimum absolute atomic E-state index is 0.0368. The van der Waals surface area contributed by atoms with Crippen LogP contribution in [0.25, 0.3) is 22.6 Å². The summed E-state index contributed by atoms with van der Waals surface area (Å²) in [5.41, 5.74) is 0.677. The maximum Gasteiger partial charge on any atom is 0.341 e. The Morgan fingerprint density at radius 3 is 2.71 bits per heavy atom. The van der Waals surface area contributed by atoms with Gasteiger partial charge in [0, 0.05) is 17.8 Å². The molecule has 0 amide bonds. The largest absolute Gasteiger partial charge is 0.477 e. The summed E-state index contributed by atoms with van der Waals surface area (Å²) in [6.07, 6.45) is 1.40. The average Bonchev–Trinajstić information content (AvgIpc) is 3.33. The van der Waals surface area contributed by atoms with E-state index in [0.29, 0.717) is 29.4 Å². The summed E-state index contributed by atoms with van der Waals surface area (Å²) < 4.78 is 29.0. The smallest absolute Gasteiger partial charge is 0.341 e. The molecule has 1 atom stereocenters. The van der Waals surface area contributed by atoms with E-state index in [0.717, 1.165) is 0 Å². The summed E-state index contributed by atoms with van der Waals surface area (Å²) in [5, 5.41) is 14.0. The zero-order chi connectivity index (χ0) is 22.1. The third kappa shape index (κ3) is 2.91. The quantitative estimate of drug-likeness (QED) is 0.675. The highest BCUT2D eigenvalue weighted by molar-refractivity contribution is 5.87. The van der Waals surface area contributed by atoms with Gasteiger partial charge in [0.25, 0.3) is 0 Å². The van der Waals surface area contributed by atoms with Crippen molar-refractivity contribution in [1.82, 2.24) is 14.3 Å². The molecule has 0 radical (unpaired) electrons. The Bertz CT molecular complexity index is 1300. The summed E-state index contributed by atoms with van der Waals surface area (Å²) >= 11 is 0. The van der Waals surface area contributed by atoms with E-state index in [1.807, 2.05) is 25.3 Å². The van der Waals surface area contributed by atoms with Gasteiger partial charge in [0.05, 0.1) is 29.7 Å². The molecule has 31 heavy (non-hydrogen) atoms. The van der Waals surface area contributed by atoms with Gasteiger partial charge in [-0.25, -0.2) is 9.18 Å². The number of carboxylic acid groups (broad SMARTS) is 1. The lowest BCUT2D eigenvalue weighted by Gasteiger charge is -2.38. The summed E-state index contributed by atoms with van der Waals surface area (Å²) in [6.45, 7) is 6.51. The van der Waals surface area contributed by atoms with Crippen molar-refractivity contribution in [2.24, 2.45) is 5.41 Å². The Hall–Kier alpha value is -3.62. The predicted molar refractivity (Wildman–Crippen MR) is 109 cm³/mol. The van der Waals surface area contributed by atoms with Crippen LogP contribution in [0.3, 0.4) is 0 Å². The minimum Gasteiger partial charge on any atom is -0.477 e. The third-order valence-corrected chi connectivity index (χ3v) is 5.79. The van der Waals surface area contributed by atoms with Crippen LogP contribution in [-0.2, 0) is 6.54 Å². The number of carboxylic acids is 1. The van der Waals surface area contributed by atoms with E-state index in [2.05, 4.69) is 5.10 Å². The Morgan fingerprint density at radius 1 is 1.23 bits per heavy atom. The molecule has 3 aromatic rings. The van der Waals surface area contributed by atoms with Gasteiger partial charge in [-0.3, -0.25) is 9.48 Å². The monoisotopic (exact) mass is 425 g/mol. The summed E-state index contributed by atoms with van der Waals surface area (Å²) in [6, 6.07) is 6.07. The van der Waals surface area contributed by atoms with E-state index in [9.17, 15) is 14.7 Å². The zero-order valence-corrected chi connectivity index (χ0v) is 17.2. The third-order valence-electron chi connectivity index (χ3n) is 5.79. The molecule has 0 unspecified atom stereocenters. The number of ether oxygens (including phenoxy) is 2. The van der Waals surface area contributed by atoms with Crippen molar-refractivity contribution in [2.45, 2.75) is 33.4 Å². The molecule has 4 heterocycles. The number of nitrogens with zero attached hydrogens (tertiary/aromatic N) is 3. The number of rotatable bonds is 2. The molecule has 0 bridgehead atoms. The fourth-order valence-electron chi connectivity index (χ4n) is 4.15. The number of carbonyl (C=O) groups is 1. The lowest BCUT2D eigenvalue weighted by molar-refractivity contribution is 0.0693. The van der Waals surface area contributed by atoms with Crippen LogP contribution in [0.5, 0.6) is 11.5 Å². The number of fused-ring (bicyclic) bond motifs is 4. The Kier molecular flexibility index (Phi) is 4.02. The Labute approximate surface area is 176 Å². The Morgan fingerprint density at radius 2 is 2.00 bits per heavy atom. The molecule has 0 aliphatic carbocycles. The summed E-state index contributed by atoms with van der Waals surface area (Å²) in [4.78, 5) is 24.0. The van der Waals surface area contributed by atoms with Gasteiger partial charge in [-0.1, -0.05) is 20.8 Å². The molecule has 9 heteroatoms. The predicted octanol–water partition coefficient (Wildman–Crippen LogP) is 3.55. The van der Waals surface area contributed by atoms with Gasteiger partial charge >= 0.3 is 5.97 Å². The van der Waals surface area contributed by atoms with Gasteiger partial charge < -0.3 is 19.1 Å². The van der Waals surface area contributed by atoms with Crippen LogP contribution in [0.1, 0.15) is 37.2 Å². The van der Waals surface area contributed by atoms with Crippen molar-refractivity contribution < 1.29 is 23.8 Å². The van der Waals surface area contributed by atoms with Gasteiger partial charge in [-0.15, -0.1) is 0 Å². The number of halogens is 1. The number of benzene rings is 1. The van der Waals surface area contributed by atoms with Crippen molar-refractivity contribution >= 4 is 5.97 Å². The molecular formula is C22H20FN3O5. The normalized spacial score (nSPS) is 16.7. The molecule has 0 saturated carbocycles. The van der Waals surface area contributed by atoms with Crippen LogP contribution < -0.4 is 14.9 Å². The first-order valence-corrected chi connectivity index (χ1v) is 9.81. The van der Waals surface area contributed by atoms with Crippen molar-refractivity contribution in [1.29, 1.82) is 0 Å². The second kappa shape index (κ2) is 6.44. The van der Waals surface area contributed by atoms with E-state index in [1.165, 1.54) is 12.3 Å². The van der Waals surface area contributed by atoms with Crippen molar-refractivity contribution in [3.63, 3.8) is 0 Å². The molecule has 2 aliphatic heterocycles. The molecular weight excluding hydrogens is 405 g/mol. The Balaban J connectivity index is 1.70. The van der Waals surface area contributed by atoms with Crippen LogP contribution in [-0.4, -0.2) is 32.2 Å². The number of hydrogen-bond donors (Lipinski definition) is 1. The molecule has 8 nitrogen and oxygen atoms in total. The molecule has 0 fully saturated rings. The molecule has 1 aromatic carbocycles. The standard InChI is InChI=1S/C22H20FN3O5/c1-22(2,3)18-9-26-15(14-7-16(27)12(21(28)29)8-25(14)18)6-13(24-26)11-4-5-17-20(19(11)23)31-10-30-17/h4-8,18H,9-10H2,1-3H3,(H,28,29)/t18-/m0/s1. The van der Waals surface area contributed by atoms with Crippen LogP contribution in [0.2, 0.25) is 0 Å². The second-order valence-electron chi connectivity index (χ2n) is 8.79. The van der Waals surface area contributed by atoms with Crippen LogP contribution >= 0.6 is 0 Å². The number of aromatic carboxylic acids is 1. The first-order chi connectivity index (χ1) is 14.6. The van der Waals surface area contributed by atoms with Gasteiger partial charge in [-0.2, -0.15) is 5.10 Å². The van der Waals surface area contributed by atoms with E-state index in [4.69, 9.17) is 9.47 Å². The topological polar surface area (TPSA) is 95.6 Å². The summed E-state index contributed by atoms with van der Waals surface area (Å²) in [7, 11) is 0. The van der Waals surface area contributed by atoms with Gasteiger partial charge in [-0.05, 0) is 23.6 Å². The number of aromatic nitrogens is 3. The summed E-state index contributed by atoms with van der Waals surface area (Å²) in [5.74, 6) is -1.43. The van der Waals surface area contributed by atoms with Crippen molar-refractivity contribution in [3.8, 4) is 34.1 Å². The highest BCUT2D eigenvalue weighted by Crippen LogP contribution is 2.43. The van der Waals surface area contributed by atoms with Crippen LogP contribution in [0, 0.1) is 11.2 Å². The average molecular weight is 425 g/mol. The molecule has 2 aromatic heterocycles. The molecule has 1 N–H and O–H groups in total. The second-order valence-corrected chi connectivity index (χ2v) is 8.79. The number of pyridine rings is 1. The van der Waals surface area contributed by atoms with E-state index >= 15 is 4.39 Å². The van der Waals surface area contributed by atoms with E-state index in [1.54, 1.807) is 22.9 Å². The molecule has 2 aliphatic rings. The van der Waals surface area contributed by atoms with Gasteiger partial charge in [0.1, 0.15) is 5.56 Å². The molecule has 0 spiro atoms. The molecule has 0 saturated heterocycles. The minimum atomic E-state index is -1.27. The SMILES string of the molecule is CC(C)(C)[C@@H]1Cn2nc(-c3ccc4c(c3F)OCO4)cc2-c2cc(=O)c(C(=O)O)cn21. The fraction of sp³-hybridized carbons (Fsp3) is 0.318. The van der Waals surface area contributed by atoms with Crippen LogP contribution in [0.4, 0.5) is 4.39 Å². The van der Waals surface area contributed by atoms with Gasteiger partial charge in [0.2, 0.25) is 12.5 Å². The highest BCUT2D eigenvalue weighted by atomic mass is 19.1. The molecule has 160 valence electrons. The fourth-order valence-corrected chi connectivity index (χ4v) is 4.15. The molecule has 5 rings (SSSR count). The lowest BCUT2D eigenvalue weighted by Crippen LogP contribution is -2.35. The van der Waals surface area contributed by atoms with Gasteiger partial charge in [0.15, 0.2) is 17.0 Å². The maximum atomic E-state index is 15.0. The maximum absolute atomic E-state index is 15.0. The van der Waals surface area contributed by atoms with E-state index < -0.39 is 17.2 Å². The first-order valence-electron chi connectivity index (χ1n) is 9.81. The van der Waals surface area contributed by atoms with Crippen molar-refractivity contribution in [2.75, 3.05) is 6.79 Å². The highest BCUT2D eigenvalue weighted by Gasteiger charge is 2.35. The zero-order valence-electron chi connectivity index (χ0n) is 17.2. The van der Waals surface area contributed by atoms with Crippen LogP contribution in [0.15, 0.2) is 35.3 Å². The number of hydrogen-bond acceptors (Lipinski definition) is 5. The first kappa shape index (κ1) is 19.3. The van der Waals surface area contributed by atoms with E-state index in [-0.39, 0.29) is 35.1 Å². The lowest BCUT2D eigenvalue weighted by atomic mass is 9.85.